The van der Waals surface area contributed by atoms with E-state index in [-0.39, 0.29) is 11.9 Å². The maximum atomic E-state index is 12.1. The van der Waals surface area contributed by atoms with Crippen LogP contribution in [-0.2, 0) is 4.79 Å². The van der Waals surface area contributed by atoms with E-state index in [0.717, 1.165) is 10.9 Å². The molecule has 3 amide bonds. The Balaban J connectivity index is 1.44. The number of carbonyl (C=O) groups excluding carboxylic acids is 2. The molecule has 25 heavy (non-hydrogen) atoms. The van der Waals surface area contributed by atoms with Crippen LogP contribution in [0.3, 0.4) is 0 Å². The van der Waals surface area contributed by atoms with E-state index < -0.39 is 0 Å². The Morgan fingerprint density at radius 3 is 2.60 bits per heavy atom. The van der Waals surface area contributed by atoms with Crippen molar-refractivity contribution < 1.29 is 14.3 Å². The van der Waals surface area contributed by atoms with Gasteiger partial charge >= 0.3 is 6.03 Å². The lowest BCUT2D eigenvalue weighted by molar-refractivity contribution is -0.130. The van der Waals surface area contributed by atoms with E-state index in [2.05, 4.69) is 10.3 Å². The van der Waals surface area contributed by atoms with Gasteiger partial charge in [-0.2, -0.15) is 0 Å². The maximum absolute atomic E-state index is 12.1. The summed E-state index contributed by atoms with van der Waals surface area (Å²) in [4.78, 5) is 31.2. The lowest BCUT2D eigenvalue weighted by Crippen LogP contribution is -2.53. The number of rotatable bonds is 4. The van der Waals surface area contributed by atoms with Crippen molar-refractivity contribution in [3.63, 3.8) is 0 Å². The van der Waals surface area contributed by atoms with Crippen molar-refractivity contribution in [3.05, 3.63) is 36.5 Å². The SMILES string of the molecule is CC(=O)N1CCN(C(=O)NCCOc2cccc3cccnc23)CC1. The van der Waals surface area contributed by atoms with Gasteiger partial charge in [-0.1, -0.05) is 18.2 Å². The molecule has 7 heteroatoms. The van der Waals surface area contributed by atoms with Crippen molar-refractivity contribution in [3.8, 4) is 5.75 Å². The van der Waals surface area contributed by atoms with Gasteiger partial charge in [0.25, 0.3) is 0 Å². The van der Waals surface area contributed by atoms with E-state index in [1.165, 1.54) is 0 Å². The van der Waals surface area contributed by atoms with Crippen molar-refractivity contribution in [2.24, 2.45) is 0 Å². The fraction of sp³-hybridized carbons (Fsp3) is 0.389. The first-order valence-corrected chi connectivity index (χ1v) is 8.40. The summed E-state index contributed by atoms with van der Waals surface area (Å²) in [5.41, 5.74) is 0.816. The fourth-order valence-electron chi connectivity index (χ4n) is 2.85. The van der Waals surface area contributed by atoms with E-state index in [9.17, 15) is 9.59 Å². The minimum Gasteiger partial charge on any atom is -0.489 e. The van der Waals surface area contributed by atoms with E-state index in [0.29, 0.717) is 45.1 Å². The monoisotopic (exact) mass is 342 g/mol. The second-order valence-corrected chi connectivity index (χ2v) is 5.90. The lowest BCUT2D eigenvalue weighted by atomic mass is 10.2. The molecule has 3 rings (SSSR count). The number of hydrogen-bond donors (Lipinski definition) is 1. The zero-order valence-corrected chi connectivity index (χ0v) is 14.3. The average molecular weight is 342 g/mol. The van der Waals surface area contributed by atoms with Crippen LogP contribution in [-0.4, -0.2) is 66.1 Å². The van der Waals surface area contributed by atoms with Crippen LogP contribution in [0.1, 0.15) is 6.92 Å². The van der Waals surface area contributed by atoms with Gasteiger partial charge < -0.3 is 19.9 Å². The van der Waals surface area contributed by atoms with E-state index in [1.54, 1.807) is 22.9 Å². The molecule has 0 radical (unpaired) electrons. The molecule has 0 saturated carbocycles. The van der Waals surface area contributed by atoms with Gasteiger partial charge in [0.05, 0.1) is 6.54 Å². The number of carbonyl (C=O) groups is 2. The van der Waals surface area contributed by atoms with Gasteiger partial charge in [0.15, 0.2) is 0 Å². The predicted octanol–water partition coefficient (Wildman–Crippen LogP) is 1.49. The minimum absolute atomic E-state index is 0.0529. The molecular formula is C18H22N4O3. The highest BCUT2D eigenvalue weighted by molar-refractivity contribution is 5.84. The first kappa shape index (κ1) is 17.0. The Morgan fingerprint density at radius 1 is 1.12 bits per heavy atom. The number of pyridine rings is 1. The smallest absolute Gasteiger partial charge is 0.317 e. The third kappa shape index (κ3) is 4.17. The zero-order valence-electron chi connectivity index (χ0n) is 14.3. The first-order chi connectivity index (χ1) is 12.1. The molecule has 1 aromatic carbocycles. The molecule has 1 saturated heterocycles. The van der Waals surface area contributed by atoms with Crippen molar-refractivity contribution in [1.82, 2.24) is 20.1 Å². The molecule has 0 atom stereocenters. The van der Waals surface area contributed by atoms with E-state index in [4.69, 9.17) is 4.74 Å². The third-order valence-electron chi connectivity index (χ3n) is 4.24. The Bertz CT molecular complexity index is 752. The first-order valence-electron chi connectivity index (χ1n) is 8.40. The molecule has 0 spiro atoms. The maximum Gasteiger partial charge on any atom is 0.317 e. The number of ether oxygens (including phenoxy) is 1. The molecule has 0 unspecified atom stereocenters. The lowest BCUT2D eigenvalue weighted by Gasteiger charge is -2.34. The zero-order chi connectivity index (χ0) is 17.6. The number of benzene rings is 1. The third-order valence-corrected chi connectivity index (χ3v) is 4.24. The van der Waals surface area contributed by atoms with Crippen LogP contribution in [0.4, 0.5) is 4.79 Å². The molecule has 0 bridgehead atoms. The second kappa shape index (κ2) is 7.83. The topological polar surface area (TPSA) is 74.8 Å². The summed E-state index contributed by atoms with van der Waals surface area (Å²) in [6.07, 6.45) is 1.73. The summed E-state index contributed by atoms with van der Waals surface area (Å²) in [7, 11) is 0. The van der Waals surface area contributed by atoms with Gasteiger partial charge in [0.2, 0.25) is 5.91 Å². The molecule has 132 valence electrons. The highest BCUT2D eigenvalue weighted by Gasteiger charge is 2.21. The van der Waals surface area contributed by atoms with Crippen molar-refractivity contribution in [1.29, 1.82) is 0 Å². The number of aromatic nitrogens is 1. The quantitative estimate of drug-likeness (QED) is 0.854. The normalized spacial score (nSPS) is 14.4. The van der Waals surface area contributed by atoms with Gasteiger partial charge in [-0.05, 0) is 12.1 Å². The van der Waals surface area contributed by atoms with Gasteiger partial charge in [-0.25, -0.2) is 4.79 Å². The fourth-order valence-corrected chi connectivity index (χ4v) is 2.85. The molecule has 2 heterocycles. The number of amides is 3. The summed E-state index contributed by atoms with van der Waals surface area (Å²) < 4.78 is 5.76. The summed E-state index contributed by atoms with van der Waals surface area (Å²) >= 11 is 0. The molecule has 1 N–H and O–H groups in total. The van der Waals surface area contributed by atoms with E-state index >= 15 is 0 Å². The van der Waals surface area contributed by atoms with Crippen LogP contribution in [0.5, 0.6) is 5.75 Å². The second-order valence-electron chi connectivity index (χ2n) is 5.90. The number of nitrogens with one attached hydrogen (secondary N) is 1. The highest BCUT2D eigenvalue weighted by atomic mass is 16.5. The van der Waals surface area contributed by atoms with Gasteiger partial charge in [-0.15, -0.1) is 0 Å². The van der Waals surface area contributed by atoms with Crippen LogP contribution >= 0.6 is 0 Å². The molecule has 1 aliphatic rings. The number of nitrogens with zero attached hydrogens (tertiary/aromatic N) is 3. The summed E-state index contributed by atoms with van der Waals surface area (Å²) in [5, 5.41) is 3.87. The van der Waals surface area contributed by atoms with E-state index in [1.807, 2.05) is 30.3 Å². The number of urea groups is 1. The van der Waals surface area contributed by atoms with Crippen molar-refractivity contribution >= 4 is 22.8 Å². The number of hydrogen-bond acceptors (Lipinski definition) is 4. The molecular weight excluding hydrogens is 320 g/mol. The summed E-state index contributed by atoms with van der Waals surface area (Å²) in [6.45, 7) is 4.61. The molecule has 1 aliphatic heterocycles. The average Bonchev–Trinajstić information content (AvgIpc) is 2.65. The van der Waals surface area contributed by atoms with Crippen LogP contribution < -0.4 is 10.1 Å². The Hall–Kier alpha value is -2.83. The Kier molecular flexibility index (Phi) is 5.33. The summed E-state index contributed by atoms with van der Waals surface area (Å²) in [5.74, 6) is 0.763. The molecule has 0 aliphatic carbocycles. The molecule has 2 aromatic rings. The van der Waals surface area contributed by atoms with Crippen LogP contribution in [0.2, 0.25) is 0 Å². The number of fused-ring (bicyclic) bond motifs is 1. The van der Waals surface area contributed by atoms with Crippen LogP contribution in [0.25, 0.3) is 10.9 Å². The van der Waals surface area contributed by atoms with Crippen molar-refractivity contribution in [2.45, 2.75) is 6.92 Å². The van der Waals surface area contributed by atoms with Gasteiger partial charge in [0, 0.05) is 44.7 Å². The molecule has 7 nitrogen and oxygen atoms in total. The van der Waals surface area contributed by atoms with Gasteiger partial charge in [-0.3, -0.25) is 9.78 Å². The molecule has 1 fully saturated rings. The highest BCUT2D eigenvalue weighted by Crippen LogP contribution is 2.22. The standard InChI is InChI=1S/C18H22N4O3/c1-14(23)21-9-11-22(12-10-21)18(24)20-8-13-25-16-6-2-4-15-5-3-7-19-17(15)16/h2-7H,8-13H2,1H3,(H,20,24). The van der Waals surface area contributed by atoms with Crippen LogP contribution in [0, 0.1) is 0 Å². The molecule has 1 aromatic heterocycles. The van der Waals surface area contributed by atoms with Crippen LogP contribution in [0.15, 0.2) is 36.5 Å². The number of para-hydroxylation sites is 1. The van der Waals surface area contributed by atoms with Gasteiger partial charge in [0.1, 0.15) is 17.9 Å². The van der Waals surface area contributed by atoms with Crippen molar-refractivity contribution in [2.75, 3.05) is 39.3 Å². The Labute approximate surface area is 146 Å². The largest absolute Gasteiger partial charge is 0.489 e. The number of piperazine rings is 1. The Morgan fingerprint density at radius 2 is 1.84 bits per heavy atom. The predicted molar refractivity (Wildman–Crippen MR) is 94.5 cm³/mol. The summed E-state index contributed by atoms with van der Waals surface area (Å²) in [6, 6.07) is 9.53. The minimum atomic E-state index is -0.122.